The van der Waals surface area contributed by atoms with Gasteiger partial charge in [-0.2, -0.15) is 0 Å². The molecule has 0 spiro atoms. The Kier molecular flexibility index (Phi) is 5.10. The summed E-state index contributed by atoms with van der Waals surface area (Å²) in [4.78, 5) is 0. The molecular weight excluding hydrogens is 188 g/mol. The van der Waals surface area contributed by atoms with Gasteiger partial charge in [0.2, 0.25) is 0 Å². The fraction of sp³-hybridized carbons (Fsp3) is 0.833. The van der Waals surface area contributed by atoms with Crippen molar-refractivity contribution in [1.29, 1.82) is 0 Å². The number of nitrogens with one attached hydrogen (secondary N) is 1. The highest BCUT2D eigenvalue weighted by atomic mass is 16.5. The van der Waals surface area contributed by atoms with Gasteiger partial charge in [-0.3, -0.25) is 11.3 Å². The summed E-state index contributed by atoms with van der Waals surface area (Å²) in [5.41, 5.74) is 2.78. The Balaban J connectivity index is 2.63. The zero-order valence-electron chi connectivity index (χ0n) is 9.59. The minimum Gasteiger partial charge on any atom is -0.377 e. The zero-order valence-corrected chi connectivity index (χ0v) is 9.59. The second kappa shape index (κ2) is 6.12. The van der Waals surface area contributed by atoms with Crippen LogP contribution in [0.5, 0.6) is 0 Å². The molecule has 3 nitrogen and oxygen atoms in total. The lowest BCUT2D eigenvalue weighted by atomic mass is 9.78. The Morgan fingerprint density at radius 2 is 2.13 bits per heavy atom. The minimum atomic E-state index is -0.0934. The van der Waals surface area contributed by atoms with Crippen molar-refractivity contribution in [1.82, 2.24) is 5.43 Å². The van der Waals surface area contributed by atoms with Crippen molar-refractivity contribution in [3.8, 4) is 12.3 Å². The van der Waals surface area contributed by atoms with E-state index < -0.39 is 0 Å². The van der Waals surface area contributed by atoms with Crippen LogP contribution in [0.2, 0.25) is 0 Å². The smallest absolute Gasteiger partial charge is 0.0844 e. The van der Waals surface area contributed by atoms with Gasteiger partial charge < -0.3 is 4.74 Å². The van der Waals surface area contributed by atoms with E-state index in [1.165, 1.54) is 19.3 Å². The lowest BCUT2D eigenvalue weighted by Crippen LogP contribution is -2.55. The number of hydrogen-bond donors (Lipinski definition) is 2. The molecule has 15 heavy (non-hydrogen) atoms. The quantitative estimate of drug-likeness (QED) is 0.411. The van der Waals surface area contributed by atoms with Crippen molar-refractivity contribution in [2.75, 3.05) is 7.11 Å². The third-order valence-corrected chi connectivity index (χ3v) is 3.52. The SMILES string of the molecule is C#CCCC(NN)C1(OC)CCCCC1. The van der Waals surface area contributed by atoms with E-state index in [9.17, 15) is 0 Å². The number of rotatable bonds is 5. The van der Waals surface area contributed by atoms with Crippen LogP contribution in [0.15, 0.2) is 0 Å². The first-order chi connectivity index (χ1) is 7.29. The molecule has 1 saturated carbocycles. The number of hydrogen-bond acceptors (Lipinski definition) is 3. The number of ether oxygens (including phenoxy) is 1. The molecule has 86 valence electrons. The number of methoxy groups -OCH3 is 1. The van der Waals surface area contributed by atoms with E-state index in [0.717, 1.165) is 25.7 Å². The van der Waals surface area contributed by atoms with Gasteiger partial charge in [-0.1, -0.05) is 19.3 Å². The van der Waals surface area contributed by atoms with Crippen LogP contribution in [-0.2, 0) is 4.74 Å². The average Bonchev–Trinajstić information content (AvgIpc) is 2.31. The Hall–Kier alpha value is -0.560. The molecule has 1 aliphatic rings. The van der Waals surface area contributed by atoms with Crippen LogP contribution in [0, 0.1) is 12.3 Å². The topological polar surface area (TPSA) is 47.3 Å². The fourth-order valence-electron chi connectivity index (χ4n) is 2.57. The van der Waals surface area contributed by atoms with Crippen LogP contribution >= 0.6 is 0 Å². The normalized spacial score (nSPS) is 21.9. The molecule has 0 aliphatic heterocycles. The van der Waals surface area contributed by atoms with E-state index in [0.29, 0.717) is 0 Å². The highest BCUT2D eigenvalue weighted by Gasteiger charge is 2.39. The van der Waals surface area contributed by atoms with Crippen LogP contribution in [0.1, 0.15) is 44.9 Å². The molecule has 0 aromatic heterocycles. The Bertz CT molecular complexity index is 216. The molecule has 1 atom stereocenters. The summed E-state index contributed by atoms with van der Waals surface area (Å²) in [7, 11) is 1.78. The lowest BCUT2D eigenvalue weighted by Gasteiger charge is -2.42. The summed E-state index contributed by atoms with van der Waals surface area (Å²) in [6, 6.07) is 0.179. The molecule has 3 heteroatoms. The lowest BCUT2D eigenvalue weighted by molar-refractivity contribution is -0.0690. The summed E-state index contributed by atoms with van der Waals surface area (Å²) in [6.45, 7) is 0. The molecule has 3 N–H and O–H groups in total. The van der Waals surface area contributed by atoms with Gasteiger partial charge >= 0.3 is 0 Å². The monoisotopic (exact) mass is 210 g/mol. The van der Waals surface area contributed by atoms with Gasteiger partial charge in [0.15, 0.2) is 0 Å². The molecule has 1 unspecified atom stereocenters. The molecule has 1 fully saturated rings. The molecule has 0 bridgehead atoms. The predicted molar refractivity (Wildman–Crippen MR) is 62.0 cm³/mol. The molecule has 0 aromatic carbocycles. The first-order valence-corrected chi connectivity index (χ1v) is 5.74. The molecule has 0 heterocycles. The van der Waals surface area contributed by atoms with Crippen LogP contribution in [0.4, 0.5) is 0 Å². The molecule has 0 amide bonds. The summed E-state index contributed by atoms with van der Waals surface area (Å²) >= 11 is 0. The van der Waals surface area contributed by atoms with Crippen LogP contribution in [0.3, 0.4) is 0 Å². The maximum atomic E-state index is 5.72. The highest BCUT2D eigenvalue weighted by Crippen LogP contribution is 2.35. The predicted octanol–water partition coefficient (Wildman–Crippen LogP) is 1.58. The first-order valence-electron chi connectivity index (χ1n) is 5.74. The largest absolute Gasteiger partial charge is 0.377 e. The molecule has 0 aromatic rings. The van der Waals surface area contributed by atoms with E-state index in [2.05, 4.69) is 11.3 Å². The third kappa shape index (κ3) is 2.94. The molecule has 1 aliphatic carbocycles. The summed E-state index contributed by atoms with van der Waals surface area (Å²) < 4.78 is 5.72. The van der Waals surface area contributed by atoms with Gasteiger partial charge in [0.25, 0.3) is 0 Å². The van der Waals surface area contributed by atoms with Crippen LogP contribution in [-0.4, -0.2) is 18.8 Å². The van der Waals surface area contributed by atoms with Crippen molar-refractivity contribution in [2.24, 2.45) is 5.84 Å². The summed E-state index contributed by atoms with van der Waals surface area (Å²) in [5, 5.41) is 0. The molecular formula is C12H22N2O. The van der Waals surface area contributed by atoms with Crippen molar-refractivity contribution < 1.29 is 4.74 Å². The third-order valence-electron chi connectivity index (χ3n) is 3.52. The second-order valence-electron chi connectivity index (χ2n) is 4.29. The van der Waals surface area contributed by atoms with E-state index >= 15 is 0 Å². The Morgan fingerprint density at radius 1 is 1.47 bits per heavy atom. The van der Waals surface area contributed by atoms with E-state index in [1.807, 2.05) is 0 Å². The standard InChI is InChI=1S/C12H22N2O/c1-3-4-8-11(14-13)12(15-2)9-6-5-7-10-12/h1,11,14H,4-10,13H2,2H3. The average molecular weight is 210 g/mol. The Morgan fingerprint density at radius 3 is 2.60 bits per heavy atom. The van der Waals surface area contributed by atoms with Gasteiger partial charge in [0.1, 0.15) is 0 Å². The van der Waals surface area contributed by atoms with Crippen molar-refractivity contribution in [2.45, 2.75) is 56.6 Å². The van der Waals surface area contributed by atoms with E-state index in [1.54, 1.807) is 7.11 Å². The van der Waals surface area contributed by atoms with Crippen LogP contribution in [0.25, 0.3) is 0 Å². The maximum absolute atomic E-state index is 5.72. The molecule has 0 radical (unpaired) electrons. The number of nitrogens with two attached hydrogens (primary N) is 1. The first kappa shape index (κ1) is 12.5. The highest BCUT2D eigenvalue weighted by molar-refractivity contribution is 4.97. The number of hydrazine groups is 1. The van der Waals surface area contributed by atoms with Crippen molar-refractivity contribution >= 4 is 0 Å². The van der Waals surface area contributed by atoms with Crippen molar-refractivity contribution in [3.05, 3.63) is 0 Å². The van der Waals surface area contributed by atoms with Gasteiger partial charge in [0, 0.05) is 13.5 Å². The van der Waals surface area contributed by atoms with Crippen LogP contribution < -0.4 is 11.3 Å². The van der Waals surface area contributed by atoms with E-state index in [-0.39, 0.29) is 11.6 Å². The molecule has 0 saturated heterocycles. The van der Waals surface area contributed by atoms with Gasteiger partial charge in [-0.05, 0) is 19.3 Å². The number of terminal acetylenes is 1. The summed E-state index contributed by atoms with van der Waals surface area (Å²) in [6.07, 6.45) is 12.9. The second-order valence-corrected chi connectivity index (χ2v) is 4.29. The minimum absolute atomic E-state index is 0.0934. The van der Waals surface area contributed by atoms with Crippen molar-refractivity contribution in [3.63, 3.8) is 0 Å². The maximum Gasteiger partial charge on any atom is 0.0844 e. The van der Waals surface area contributed by atoms with Gasteiger partial charge in [0.05, 0.1) is 11.6 Å². The van der Waals surface area contributed by atoms with Gasteiger partial charge in [-0.25, -0.2) is 0 Å². The van der Waals surface area contributed by atoms with E-state index in [4.69, 9.17) is 17.0 Å². The fourth-order valence-corrected chi connectivity index (χ4v) is 2.57. The Labute approximate surface area is 92.7 Å². The summed E-state index contributed by atoms with van der Waals surface area (Å²) in [5.74, 6) is 8.27. The van der Waals surface area contributed by atoms with Gasteiger partial charge in [-0.15, -0.1) is 12.3 Å². The zero-order chi connectivity index (χ0) is 11.1. The molecule has 1 rings (SSSR count).